The van der Waals surface area contributed by atoms with E-state index in [0.717, 1.165) is 11.3 Å². The molecule has 0 radical (unpaired) electrons. The minimum absolute atomic E-state index is 0.261. The van der Waals surface area contributed by atoms with E-state index in [-0.39, 0.29) is 18.3 Å². The van der Waals surface area contributed by atoms with Gasteiger partial charge in [0.15, 0.2) is 5.82 Å². The van der Waals surface area contributed by atoms with Crippen LogP contribution in [0.15, 0.2) is 76.7 Å². The van der Waals surface area contributed by atoms with Crippen molar-refractivity contribution in [1.82, 2.24) is 9.78 Å². The molecular formula is C22H17BrFN3O2S. The van der Waals surface area contributed by atoms with E-state index >= 15 is 0 Å². The minimum atomic E-state index is -0.293. The predicted molar refractivity (Wildman–Crippen MR) is 118 cm³/mol. The van der Waals surface area contributed by atoms with E-state index in [9.17, 15) is 9.18 Å². The summed E-state index contributed by atoms with van der Waals surface area (Å²) in [5.41, 5.74) is 1.44. The van der Waals surface area contributed by atoms with Crippen molar-refractivity contribution >= 4 is 39.0 Å². The Morgan fingerprint density at radius 3 is 2.73 bits per heavy atom. The maximum absolute atomic E-state index is 13.9. The predicted octanol–water partition coefficient (Wildman–Crippen LogP) is 5.73. The summed E-state index contributed by atoms with van der Waals surface area (Å²) in [5.74, 6) is 0.604. The SMILES string of the molecule is O=C(Nc1nn(Cc2ccccc2F)cc1Br)c1cc(COc2ccccc2)cs1. The average Bonchev–Trinajstić information content (AvgIpc) is 3.36. The van der Waals surface area contributed by atoms with Gasteiger partial charge in [-0.05, 0) is 45.6 Å². The summed E-state index contributed by atoms with van der Waals surface area (Å²) in [5, 5.41) is 9.03. The molecule has 30 heavy (non-hydrogen) atoms. The smallest absolute Gasteiger partial charge is 0.266 e. The highest BCUT2D eigenvalue weighted by Crippen LogP contribution is 2.24. The second kappa shape index (κ2) is 9.23. The molecule has 0 bridgehead atoms. The molecule has 0 aliphatic heterocycles. The van der Waals surface area contributed by atoms with E-state index in [1.54, 1.807) is 35.1 Å². The Balaban J connectivity index is 1.39. The zero-order valence-corrected chi connectivity index (χ0v) is 18.1. The van der Waals surface area contributed by atoms with Crippen molar-refractivity contribution < 1.29 is 13.9 Å². The van der Waals surface area contributed by atoms with Crippen molar-refractivity contribution in [3.05, 3.63) is 98.5 Å². The lowest BCUT2D eigenvalue weighted by atomic mass is 10.2. The van der Waals surface area contributed by atoms with E-state index in [0.29, 0.717) is 27.3 Å². The molecule has 2 aromatic heterocycles. The number of benzene rings is 2. The summed E-state index contributed by atoms with van der Waals surface area (Å²) in [4.78, 5) is 13.2. The molecule has 0 aliphatic carbocycles. The molecule has 0 spiro atoms. The van der Waals surface area contributed by atoms with Crippen molar-refractivity contribution in [2.75, 3.05) is 5.32 Å². The van der Waals surface area contributed by atoms with Gasteiger partial charge in [-0.2, -0.15) is 5.10 Å². The summed E-state index contributed by atoms with van der Waals surface area (Å²) in [6.07, 6.45) is 1.70. The Morgan fingerprint density at radius 2 is 1.93 bits per heavy atom. The normalized spacial score (nSPS) is 10.7. The van der Waals surface area contributed by atoms with Crippen LogP contribution in [0.1, 0.15) is 20.8 Å². The molecule has 152 valence electrons. The summed E-state index contributed by atoms with van der Waals surface area (Å²) in [6, 6.07) is 17.8. The van der Waals surface area contributed by atoms with Crippen LogP contribution in [0, 0.1) is 5.82 Å². The second-order valence-electron chi connectivity index (χ2n) is 6.49. The van der Waals surface area contributed by atoms with Crippen LogP contribution >= 0.6 is 27.3 Å². The molecule has 5 nitrogen and oxygen atoms in total. The lowest BCUT2D eigenvalue weighted by Gasteiger charge is -2.04. The largest absolute Gasteiger partial charge is 0.489 e. The molecule has 4 aromatic rings. The highest BCUT2D eigenvalue weighted by molar-refractivity contribution is 9.10. The molecule has 8 heteroatoms. The van der Waals surface area contributed by atoms with Crippen molar-refractivity contribution in [2.45, 2.75) is 13.2 Å². The number of ether oxygens (including phenoxy) is 1. The molecule has 1 N–H and O–H groups in total. The topological polar surface area (TPSA) is 56.2 Å². The van der Waals surface area contributed by atoms with E-state index in [2.05, 4.69) is 26.3 Å². The fourth-order valence-corrected chi connectivity index (χ4v) is 3.99. The standard InChI is InChI=1S/C22H17BrFN3O2S/c23-18-12-27(11-16-6-4-5-9-19(16)24)26-21(18)25-22(28)20-10-15(14-30-20)13-29-17-7-2-1-3-8-17/h1-10,12,14H,11,13H2,(H,25,26,28). The summed E-state index contributed by atoms with van der Waals surface area (Å²) < 4.78 is 21.8. The number of amides is 1. The molecule has 0 fully saturated rings. The number of carbonyl (C=O) groups is 1. The number of hydrogen-bond acceptors (Lipinski definition) is 4. The Hall–Kier alpha value is -2.97. The van der Waals surface area contributed by atoms with Crippen molar-refractivity contribution in [3.8, 4) is 5.75 Å². The van der Waals surface area contributed by atoms with Crippen LogP contribution < -0.4 is 10.1 Å². The molecule has 0 atom stereocenters. The first kappa shape index (κ1) is 20.3. The van der Waals surface area contributed by atoms with Crippen molar-refractivity contribution in [1.29, 1.82) is 0 Å². The van der Waals surface area contributed by atoms with Crippen LogP contribution in [0.4, 0.5) is 10.2 Å². The second-order valence-corrected chi connectivity index (χ2v) is 8.26. The van der Waals surface area contributed by atoms with Gasteiger partial charge < -0.3 is 10.1 Å². The number of nitrogens with one attached hydrogen (secondary N) is 1. The number of anilines is 1. The molecule has 0 unspecified atom stereocenters. The van der Waals surface area contributed by atoms with E-state index in [4.69, 9.17) is 4.74 Å². The zero-order chi connectivity index (χ0) is 20.9. The number of hydrogen-bond donors (Lipinski definition) is 1. The van der Waals surface area contributed by atoms with Gasteiger partial charge in [-0.15, -0.1) is 11.3 Å². The first-order chi connectivity index (χ1) is 14.6. The van der Waals surface area contributed by atoms with Gasteiger partial charge in [-0.3, -0.25) is 9.48 Å². The number of thiophene rings is 1. The van der Waals surface area contributed by atoms with Gasteiger partial charge in [0, 0.05) is 17.3 Å². The molecule has 0 saturated heterocycles. The number of halogens is 2. The molecule has 0 saturated carbocycles. The van der Waals surface area contributed by atoms with Crippen LogP contribution in [0.5, 0.6) is 5.75 Å². The third-order valence-corrected chi connectivity index (χ3v) is 5.82. The van der Waals surface area contributed by atoms with Crippen molar-refractivity contribution in [2.24, 2.45) is 0 Å². The molecular weight excluding hydrogens is 469 g/mol. The number of nitrogens with zero attached hydrogens (tertiary/aromatic N) is 2. The van der Waals surface area contributed by atoms with Gasteiger partial charge in [-0.1, -0.05) is 36.4 Å². The monoisotopic (exact) mass is 485 g/mol. The Kier molecular flexibility index (Phi) is 6.25. The van der Waals surface area contributed by atoms with Crippen LogP contribution in [0.2, 0.25) is 0 Å². The third kappa shape index (κ3) is 4.95. The molecule has 2 heterocycles. The first-order valence-corrected chi connectivity index (χ1v) is 10.8. The van der Waals surface area contributed by atoms with Gasteiger partial charge in [0.1, 0.15) is 18.2 Å². The number of aromatic nitrogens is 2. The maximum Gasteiger partial charge on any atom is 0.266 e. The number of carbonyl (C=O) groups excluding carboxylic acids is 1. The lowest BCUT2D eigenvalue weighted by Crippen LogP contribution is -2.12. The highest BCUT2D eigenvalue weighted by atomic mass is 79.9. The fourth-order valence-electron chi connectivity index (χ4n) is 2.79. The lowest BCUT2D eigenvalue weighted by molar-refractivity contribution is 0.103. The van der Waals surface area contributed by atoms with Gasteiger partial charge >= 0.3 is 0 Å². The van der Waals surface area contributed by atoms with E-state index in [1.807, 2.05) is 35.7 Å². The van der Waals surface area contributed by atoms with E-state index < -0.39 is 0 Å². The summed E-state index contributed by atoms with van der Waals surface area (Å²) >= 11 is 4.74. The Labute approximate surface area is 185 Å². The maximum atomic E-state index is 13.9. The fraction of sp³-hybridized carbons (Fsp3) is 0.0909. The summed E-state index contributed by atoms with van der Waals surface area (Å²) in [7, 11) is 0. The van der Waals surface area contributed by atoms with Crippen LogP contribution in [-0.2, 0) is 13.2 Å². The van der Waals surface area contributed by atoms with Gasteiger partial charge in [-0.25, -0.2) is 4.39 Å². The van der Waals surface area contributed by atoms with Gasteiger partial charge in [0.05, 0.1) is 15.9 Å². The minimum Gasteiger partial charge on any atom is -0.489 e. The number of para-hydroxylation sites is 1. The third-order valence-electron chi connectivity index (χ3n) is 4.27. The Bertz CT molecular complexity index is 1160. The average molecular weight is 486 g/mol. The molecule has 1 amide bonds. The highest BCUT2D eigenvalue weighted by Gasteiger charge is 2.15. The van der Waals surface area contributed by atoms with Crippen LogP contribution in [-0.4, -0.2) is 15.7 Å². The summed E-state index contributed by atoms with van der Waals surface area (Å²) in [6.45, 7) is 0.649. The van der Waals surface area contributed by atoms with E-state index in [1.165, 1.54) is 17.4 Å². The molecule has 0 aliphatic rings. The number of rotatable bonds is 7. The van der Waals surface area contributed by atoms with Gasteiger partial charge in [0.25, 0.3) is 5.91 Å². The van der Waals surface area contributed by atoms with Crippen LogP contribution in [0.25, 0.3) is 0 Å². The Morgan fingerprint density at radius 1 is 1.17 bits per heavy atom. The quantitative estimate of drug-likeness (QED) is 0.363. The van der Waals surface area contributed by atoms with Crippen molar-refractivity contribution in [3.63, 3.8) is 0 Å². The molecule has 4 rings (SSSR count). The van der Waals surface area contributed by atoms with Gasteiger partial charge in [0.2, 0.25) is 0 Å². The van der Waals surface area contributed by atoms with Crippen LogP contribution in [0.3, 0.4) is 0 Å². The zero-order valence-electron chi connectivity index (χ0n) is 15.7. The molecule has 2 aromatic carbocycles. The first-order valence-electron chi connectivity index (χ1n) is 9.11.